The van der Waals surface area contributed by atoms with Crippen LogP contribution in [0, 0.1) is 10.1 Å². The maximum Gasteiger partial charge on any atom is 0.338 e. The Morgan fingerprint density at radius 2 is 1.88 bits per heavy atom. The van der Waals surface area contributed by atoms with Gasteiger partial charge in [-0.05, 0) is 56.5 Å². The fraction of sp³-hybridized carbons (Fsp3) is 0.345. The van der Waals surface area contributed by atoms with Gasteiger partial charge in [-0.2, -0.15) is 0 Å². The van der Waals surface area contributed by atoms with E-state index in [2.05, 4.69) is 9.89 Å². The quantitative estimate of drug-likeness (QED) is 0.226. The van der Waals surface area contributed by atoms with Crippen molar-refractivity contribution in [2.45, 2.75) is 32.7 Å². The van der Waals surface area contributed by atoms with Crippen molar-refractivity contribution >= 4 is 34.8 Å². The summed E-state index contributed by atoms with van der Waals surface area (Å²) >= 11 is 1.17. The molecule has 214 valence electrons. The molecule has 2 aliphatic heterocycles. The van der Waals surface area contributed by atoms with Crippen molar-refractivity contribution in [3.8, 4) is 11.5 Å². The molecule has 0 spiro atoms. The molecule has 0 saturated carbocycles. The SMILES string of the molecule is CCOC(=O)C1=C(C)N=c2s/c(=C/c3cc([N+](=O)[O-])ccc3N3CCCC3)c(=O)n2C1c1ccc(OC)c(OC)c1. The Morgan fingerprint density at radius 3 is 2.54 bits per heavy atom. The minimum absolute atomic E-state index is 0.0596. The third-order valence-electron chi connectivity index (χ3n) is 7.20. The van der Waals surface area contributed by atoms with Gasteiger partial charge in [-0.3, -0.25) is 19.5 Å². The van der Waals surface area contributed by atoms with Crippen LogP contribution in [0.1, 0.15) is 43.9 Å². The number of nitro benzene ring substituents is 1. The van der Waals surface area contributed by atoms with Gasteiger partial charge >= 0.3 is 5.97 Å². The van der Waals surface area contributed by atoms with Gasteiger partial charge in [0.25, 0.3) is 11.2 Å². The maximum absolute atomic E-state index is 14.1. The molecule has 0 aliphatic carbocycles. The van der Waals surface area contributed by atoms with Crippen LogP contribution in [0.15, 0.2) is 57.5 Å². The average molecular weight is 579 g/mol. The van der Waals surface area contributed by atoms with Crippen molar-refractivity contribution in [1.82, 2.24) is 4.57 Å². The number of carbonyl (C=O) groups is 1. The first-order valence-electron chi connectivity index (χ1n) is 13.2. The fourth-order valence-corrected chi connectivity index (χ4v) is 6.33. The summed E-state index contributed by atoms with van der Waals surface area (Å²) in [5.74, 6) is 0.372. The number of nitrogens with zero attached hydrogens (tertiary/aromatic N) is 4. The van der Waals surface area contributed by atoms with E-state index in [0.717, 1.165) is 31.6 Å². The van der Waals surface area contributed by atoms with Gasteiger partial charge in [-0.25, -0.2) is 9.79 Å². The molecule has 0 bridgehead atoms. The Labute approximate surface area is 239 Å². The van der Waals surface area contributed by atoms with Crippen LogP contribution in [0.25, 0.3) is 6.08 Å². The van der Waals surface area contributed by atoms with Gasteiger partial charge in [0.1, 0.15) is 0 Å². The third kappa shape index (κ3) is 5.22. The number of hydrogen-bond donors (Lipinski definition) is 0. The van der Waals surface area contributed by atoms with Gasteiger partial charge in [-0.1, -0.05) is 17.4 Å². The van der Waals surface area contributed by atoms with Crippen molar-refractivity contribution in [3.05, 3.63) is 88.6 Å². The zero-order chi connectivity index (χ0) is 29.3. The lowest BCUT2D eigenvalue weighted by Gasteiger charge is -2.25. The summed E-state index contributed by atoms with van der Waals surface area (Å²) in [5.41, 5.74) is 2.27. The lowest BCUT2D eigenvalue weighted by molar-refractivity contribution is -0.384. The second kappa shape index (κ2) is 11.6. The van der Waals surface area contributed by atoms with Gasteiger partial charge in [-0.15, -0.1) is 0 Å². The van der Waals surface area contributed by atoms with E-state index >= 15 is 0 Å². The Hall–Kier alpha value is -4.45. The van der Waals surface area contributed by atoms with Gasteiger partial charge in [0.2, 0.25) is 0 Å². The van der Waals surface area contributed by atoms with E-state index in [1.54, 1.807) is 44.2 Å². The van der Waals surface area contributed by atoms with Crippen LogP contribution in [0.2, 0.25) is 0 Å². The summed E-state index contributed by atoms with van der Waals surface area (Å²) in [6.07, 6.45) is 3.74. The summed E-state index contributed by atoms with van der Waals surface area (Å²) in [6.45, 7) is 5.25. The predicted octanol–water partition coefficient (Wildman–Crippen LogP) is 3.32. The molecule has 3 heterocycles. The number of allylic oxidation sites excluding steroid dienone is 1. The summed E-state index contributed by atoms with van der Waals surface area (Å²) < 4.78 is 18.1. The van der Waals surface area contributed by atoms with E-state index in [0.29, 0.717) is 37.7 Å². The topological polar surface area (TPSA) is 126 Å². The van der Waals surface area contributed by atoms with Crippen molar-refractivity contribution < 1.29 is 23.9 Å². The molecule has 0 N–H and O–H groups in total. The zero-order valence-electron chi connectivity index (χ0n) is 23.2. The van der Waals surface area contributed by atoms with Crippen molar-refractivity contribution in [1.29, 1.82) is 0 Å². The van der Waals surface area contributed by atoms with Crippen LogP contribution in [0.3, 0.4) is 0 Å². The summed E-state index contributed by atoms with van der Waals surface area (Å²) in [4.78, 5) is 45.6. The number of thiazole rings is 1. The first-order valence-corrected chi connectivity index (χ1v) is 14.0. The number of nitro groups is 1. The fourth-order valence-electron chi connectivity index (χ4n) is 5.29. The molecule has 5 rings (SSSR count). The minimum Gasteiger partial charge on any atom is -0.493 e. The van der Waals surface area contributed by atoms with Crippen LogP contribution in [0.5, 0.6) is 11.5 Å². The van der Waals surface area contributed by atoms with E-state index in [1.165, 1.54) is 42.3 Å². The Bertz CT molecular complexity index is 1730. The molecule has 1 saturated heterocycles. The number of aromatic nitrogens is 1. The van der Waals surface area contributed by atoms with Crippen LogP contribution >= 0.6 is 11.3 Å². The lowest BCUT2D eigenvalue weighted by Crippen LogP contribution is -2.40. The second-order valence-corrected chi connectivity index (χ2v) is 10.6. The highest BCUT2D eigenvalue weighted by Crippen LogP contribution is 2.36. The number of esters is 1. The summed E-state index contributed by atoms with van der Waals surface area (Å²) in [6, 6.07) is 9.09. The minimum atomic E-state index is -0.838. The molecular formula is C29H30N4O7S. The Balaban J connectivity index is 1.74. The van der Waals surface area contributed by atoms with Gasteiger partial charge in [0.15, 0.2) is 16.3 Å². The average Bonchev–Trinajstić information content (AvgIpc) is 3.60. The van der Waals surface area contributed by atoms with Crippen LogP contribution in [0.4, 0.5) is 11.4 Å². The smallest absolute Gasteiger partial charge is 0.338 e. The lowest BCUT2D eigenvalue weighted by atomic mass is 9.95. The monoisotopic (exact) mass is 578 g/mol. The van der Waals surface area contributed by atoms with E-state index < -0.39 is 16.9 Å². The summed E-state index contributed by atoms with van der Waals surface area (Å²) in [7, 11) is 3.04. The van der Waals surface area contributed by atoms with E-state index in [-0.39, 0.29) is 23.4 Å². The van der Waals surface area contributed by atoms with Crippen LogP contribution < -0.4 is 29.3 Å². The van der Waals surface area contributed by atoms with Crippen molar-refractivity contribution in [3.63, 3.8) is 0 Å². The first-order chi connectivity index (χ1) is 19.8. The molecule has 1 unspecified atom stereocenters. The number of fused-ring (bicyclic) bond motifs is 1. The molecule has 41 heavy (non-hydrogen) atoms. The van der Waals surface area contributed by atoms with Gasteiger partial charge in [0.05, 0.1) is 47.6 Å². The molecule has 1 atom stereocenters. The van der Waals surface area contributed by atoms with Crippen molar-refractivity contribution in [2.75, 3.05) is 38.8 Å². The molecule has 12 heteroatoms. The number of carbonyl (C=O) groups excluding carboxylic acids is 1. The van der Waals surface area contributed by atoms with Crippen LogP contribution in [-0.2, 0) is 9.53 Å². The number of benzene rings is 2. The number of rotatable bonds is 8. The first kappa shape index (κ1) is 28.1. The highest BCUT2D eigenvalue weighted by Gasteiger charge is 2.34. The summed E-state index contributed by atoms with van der Waals surface area (Å²) in [5, 5.41) is 11.6. The highest BCUT2D eigenvalue weighted by atomic mass is 32.1. The molecule has 0 amide bonds. The molecule has 2 aliphatic rings. The molecule has 1 fully saturated rings. The van der Waals surface area contributed by atoms with E-state index in [9.17, 15) is 19.7 Å². The number of non-ortho nitro benzene ring substituents is 1. The van der Waals surface area contributed by atoms with Gasteiger partial charge < -0.3 is 19.1 Å². The van der Waals surface area contributed by atoms with Crippen molar-refractivity contribution in [2.24, 2.45) is 4.99 Å². The second-order valence-electron chi connectivity index (χ2n) is 9.61. The molecule has 3 aromatic rings. The Kier molecular flexibility index (Phi) is 7.93. The molecule has 1 aromatic heterocycles. The standard InChI is InChI=1S/C29H30N4O7S/c1-5-40-28(35)25-17(2)30-29-32(26(25)18-8-11-22(38-3)23(15-18)39-4)27(34)24(41-29)16-19-14-20(33(36)37)9-10-21(19)31-12-6-7-13-31/h8-11,14-16,26H,5-7,12-13H2,1-4H3/b24-16+. The number of hydrogen-bond acceptors (Lipinski definition) is 10. The van der Waals surface area contributed by atoms with E-state index in [4.69, 9.17) is 14.2 Å². The maximum atomic E-state index is 14.1. The third-order valence-corrected chi connectivity index (χ3v) is 8.18. The number of methoxy groups -OCH3 is 2. The predicted molar refractivity (Wildman–Crippen MR) is 154 cm³/mol. The zero-order valence-corrected chi connectivity index (χ0v) is 24.0. The number of anilines is 1. The highest BCUT2D eigenvalue weighted by molar-refractivity contribution is 7.07. The van der Waals surface area contributed by atoms with E-state index in [1.807, 2.05) is 0 Å². The molecule has 11 nitrogen and oxygen atoms in total. The number of ether oxygens (including phenoxy) is 3. The Morgan fingerprint density at radius 1 is 1.15 bits per heavy atom. The molecule has 2 aromatic carbocycles. The molecule has 0 radical (unpaired) electrons. The largest absolute Gasteiger partial charge is 0.493 e. The van der Waals surface area contributed by atoms with Crippen LogP contribution in [-0.4, -0.2) is 49.4 Å². The molecular weight excluding hydrogens is 548 g/mol. The van der Waals surface area contributed by atoms with Gasteiger partial charge in [0, 0.05) is 36.5 Å². The normalized spacial score (nSPS) is 16.8.